The van der Waals surface area contributed by atoms with Gasteiger partial charge in [-0.25, -0.2) is 4.79 Å². The zero-order valence-electron chi connectivity index (χ0n) is 12.8. The number of carbonyl (C=O) groups is 3. The number of ether oxygens (including phenoxy) is 1. The van der Waals surface area contributed by atoms with Crippen LogP contribution < -0.4 is 0 Å². The Bertz CT molecular complexity index is 586. The molecule has 0 unspecified atom stereocenters. The van der Waals surface area contributed by atoms with Crippen LogP contribution in [0.4, 0.5) is 0 Å². The number of carbonyl (C=O) groups excluding carboxylic acids is 3. The van der Waals surface area contributed by atoms with E-state index in [1.54, 1.807) is 24.3 Å². The summed E-state index contributed by atoms with van der Waals surface area (Å²) in [5, 5.41) is 0.571. The van der Waals surface area contributed by atoms with Gasteiger partial charge in [-0.3, -0.25) is 9.59 Å². The highest BCUT2D eigenvalue weighted by molar-refractivity contribution is 6.20. The fraction of sp³-hybridized carbons (Fsp3) is 0.471. The molecule has 0 spiro atoms. The van der Waals surface area contributed by atoms with Crippen LogP contribution in [0.15, 0.2) is 24.3 Å². The van der Waals surface area contributed by atoms with Crippen molar-refractivity contribution in [3.63, 3.8) is 0 Å². The summed E-state index contributed by atoms with van der Waals surface area (Å²) in [5.41, 5.74) is 0.542. The molecule has 1 aromatic carbocycles. The minimum atomic E-state index is -0.580. The molecule has 1 fully saturated rings. The summed E-state index contributed by atoms with van der Waals surface area (Å²) in [7, 11) is 0. The average molecular weight is 317 g/mol. The Kier molecular flexibility index (Phi) is 4.71. The fourth-order valence-electron chi connectivity index (χ4n) is 2.97. The maximum atomic E-state index is 12.1. The second kappa shape index (κ2) is 6.91. The maximum absolute atomic E-state index is 12.1. The first-order chi connectivity index (χ1) is 11.2. The molecule has 1 aromatic rings. The van der Waals surface area contributed by atoms with E-state index in [9.17, 15) is 14.4 Å². The number of hydroxylamine groups is 2. The number of amides is 2. The number of fused-ring (bicyclic) bond motifs is 1. The first kappa shape index (κ1) is 15.7. The number of imide groups is 1. The van der Waals surface area contributed by atoms with Crippen LogP contribution in [0.2, 0.25) is 0 Å². The molecule has 0 aromatic heterocycles. The molecule has 2 aliphatic heterocycles. The zero-order valence-corrected chi connectivity index (χ0v) is 12.8. The predicted octanol–water partition coefficient (Wildman–Crippen LogP) is 2.34. The lowest BCUT2D eigenvalue weighted by molar-refractivity contribution is -0.168. The normalized spacial score (nSPS) is 18.2. The highest BCUT2D eigenvalue weighted by atomic mass is 16.7. The van der Waals surface area contributed by atoms with Crippen LogP contribution in [0.25, 0.3) is 0 Å². The lowest BCUT2D eigenvalue weighted by Gasteiger charge is -2.21. The highest BCUT2D eigenvalue weighted by Gasteiger charge is 2.38. The molecule has 0 atom stereocenters. The first-order valence-electron chi connectivity index (χ1n) is 7.93. The number of hydrogen-bond donors (Lipinski definition) is 0. The summed E-state index contributed by atoms with van der Waals surface area (Å²) in [4.78, 5) is 41.0. The van der Waals surface area contributed by atoms with Crippen molar-refractivity contribution in [2.24, 2.45) is 5.92 Å². The Labute approximate surface area is 134 Å². The van der Waals surface area contributed by atoms with E-state index >= 15 is 0 Å². The van der Waals surface area contributed by atoms with E-state index < -0.39 is 17.8 Å². The quantitative estimate of drug-likeness (QED) is 0.779. The molecular formula is C17H19NO5. The minimum Gasteiger partial charge on any atom is -0.381 e. The van der Waals surface area contributed by atoms with Crippen LogP contribution in [0, 0.1) is 5.92 Å². The molecule has 0 bridgehead atoms. The third kappa shape index (κ3) is 3.42. The van der Waals surface area contributed by atoms with Gasteiger partial charge in [0, 0.05) is 19.6 Å². The second-order valence-corrected chi connectivity index (χ2v) is 5.86. The predicted molar refractivity (Wildman–Crippen MR) is 80.4 cm³/mol. The van der Waals surface area contributed by atoms with Gasteiger partial charge in [-0.2, -0.15) is 0 Å². The molecule has 6 heteroatoms. The molecule has 122 valence electrons. The number of hydrogen-bond acceptors (Lipinski definition) is 5. The molecule has 0 radical (unpaired) electrons. The van der Waals surface area contributed by atoms with Gasteiger partial charge in [0.05, 0.1) is 11.1 Å². The molecule has 2 heterocycles. The molecule has 23 heavy (non-hydrogen) atoms. The van der Waals surface area contributed by atoms with Crippen molar-refractivity contribution in [3.8, 4) is 0 Å². The SMILES string of the molecule is O=C(CCCC1CCOCC1)ON1C(=O)c2ccccc2C1=O. The summed E-state index contributed by atoms with van der Waals surface area (Å²) in [6.07, 6.45) is 3.86. The molecule has 0 aliphatic carbocycles. The number of rotatable bonds is 5. The van der Waals surface area contributed by atoms with E-state index in [1.165, 1.54) is 0 Å². The smallest absolute Gasteiger partial charge is 0.333 e. The summed E-state index contributed by atoms with van der Waals surface area (Å²) in [6.45, 7) is 1.56. The Morgan fingerprint density at radius 1 is 1.13 bits per heavy atom. The lowest BCUT2D eigenvalue weighted by atomic mass is 9.94. The molecule has 0 N–H and O–H groups in total. The van der Waals surface area contributed by atoms with Gasteiger partial charge < -0.3 is 9.57 Å². The van der Waals surface area contributed by atoms with Crippen LogP contribution in [0.1, 0.15) is 52.8 Å². The Morgan fingerprint density at radius 3 is 2.35 bits per heavy atom. The van der Waals surface area contributed by atoms with Gasteiger partial charge in [0.25, 0.3) is 11.8 Å². The third-order valence-electron chi connectivity index (χ3n) is 4.28. The second-order valence-electron chi connectivity index (χ2n) is 5.86. The van der Waals surface area contributed by atoms with Crippen molar-refractivity contribution in [1.82, 2.24) is 5.06 Å². The van der Waals surface area contributed by atoms with Crippen LogP contribution in [-0.4, -0.2) is 36.1 Å². The van der Waals surface area contributed by atoms with Crippen LogP contribution >= 0.6 is 0 Å². The van der Waals surface area contributed by atoms with Crippen molar-refractivity contribution >= 4 is 17.8 Å². The molecule has 0 saturated carbocycles. The third-order valence-corrected chi connectivity index (χ3v) is 4.28. The first-order valence-corrected chi connectivity index (χ1v) is 7.93. The molecular weight excluding hydrogens is 298 g/mol. The van der Waals surface area contributed by atoms with Crippen LogP contribution in [0.3, 0.4) is 0 Å². The van der Waals surface area contributed by atoms with E-state index in [1.807, 2.05) is 0 Å². The van der Waals surface area contributed by atoms with Gasteiger partial charge in [-0.1, -0.05) is 17.2 Å². The molecule has 2 aliphatic rings. The summed E-state index contributed by atoms with van der Waals surface area (Å²) < 4.78 is 5.30. The number of nitrogens with zero attached hydrogens (tertiary/aromatic N) is 1. The van der Waals surface area contributed by atoms with Crippen molar-refractivity contribution in [2.45, 2.75) is 32.1 Å². The molecule has 3 rings (SSSR count). The zero-order chi connectivity index (χ0) is 16.2. The van der Waals surface area contributed by atoms with Crippen molar-refractivity contribution < 1.29 is 24.0 Å². The Balaban J connectivity index is 1.49. The molecule has 1 saturated heterocycles. The summed E-state index contributed by atoms with van der Waals surface area (Å²) in [5.74, 6) is -1.13. The Hall–Kier alpha value is -2.21. The van der Waals surface area contributed by atoms with Crippen LogP contribution in [0.5, 0.6) is 0 Å². The number of benzene rings is 1. The topological polar surface area (TPSA) is 72.9 Å². The maximum Gasteiger partial charge on any atom is 0.333 e. The van der Waals surface area contributed by atoms with E-state index in [4.69, 9.17) is 9.57 Å². The standard InChI is InChI=1S/C17H19NO5/c19-15(7-3-4-12-8-10-22-11-9-12)23-18-16(20)13-5-1-2-6-14(13)17(18)21/h1-2,5-6,12H,3-4,7-11H2. The van der Waals surface area contributed by atoms with Gasteiger partial charge >= 0.3 is 5.97 Å². The van der Waals surface area contributed by atoms with Crippen molar-refractivity contribution in [1.29, 1.82) is 0 Å². The van der Waals surface area contributed by atoms with E-state index in [-0.39, 0.29) is 17.5 Å². The van der Waals surface area contributed by atoms with Crippen LogP contribution in [-0.2, 0) is 14.4 Å². The molecule has 6 nitrogen and oxygen atoms in total. The van der Waals surface area contributed by atoms with Gasteiger partial charge in [-0.05, 0) is 43.7 Å². The minimum absolute atomic E-state index is 0.199. The lowest BCUT2D eigenvalue weighted by Crippen LogP contribution is -2.32. The van der Waals surface area contributed by atoms with Crippen molar-refractivity contribution in [2.75, 3.05) is 13.2 Å². The van der Waals surface area contributed by atoms with Gasteiger partial charge in [0.1, 0.15) is 0 Å². The van der Waals surface area contributed by atoms with E-state index in [0.29, 0.717) is 17.4 Å². The monoisotopic (exact) mass is 317 g/mol. The Morgan fingerprint density at radius 2 is 1.74 bits per heavy atom. The summed E-state index contributed by atoms with van der Waals surface area (Å²) in [6, 6.07) is 6.44. The van der Waals surface area contributed by atoms with E-state index in [0.717, 1.165) is 32.5 Å². The fourth-order valence-corrected chi connectivity index (χ4v) is 2.97. The average Bonchev–Trinajstić information content (AvgIpc) is 2.81. The molecule has 2 amide bonds. The van der Waals surface area contributed by atoms with Gasteiger partial charge in [0.2, 0.25) is 0 Å². The van der Waals surface area contributed by atoms with Gasteiger partial charge in [-0.15, -0.1) is 0 Å². The van der Waals surface area contributed by atoms with Gasteiger partial charge in [0.15, 0.2) is 0 Å². The summed E-state index contributed by atoms with van der Waals surface area (Å²) >= 11 is 0. The van der Waals surface area contributed by atoms with Crippen molar-refractivity contribution in [3.05, 3.63) is 35.4 Å². The highest BCUT2D eigenvalue weighted by Crippen LogP contribution is 2.24. The van der Waals surface area contributed by atoms with E-state index in [2.05, 4.69) is 0 Å². The largest absolute Gasteiger partial charge is 0.381 e.